The second-order valence-corrected chi connectivity index (χ2v) is 4.91. The zero-order valence-electron chi connectivity index (χ0n) is 9.47. The van der Waals surface area contributed by atoms with Gasteiger partial charge in [0.25, 0.3) is 0 Å². The highest BCUT2D eigenvalue weighted by Crippen LogP contribution is 2.20. The minimum atomic E-state index is 0.810. The maximum absolute atomic E-state index is 3.79. The third-order valence-corrected chi connectivity index (χ3v) is 2.97. The average molecular weight is 183 g/mol. The van der Waals surface area contributed by atoms with Crippen molar-refractivity contribution in [2.45, 2.75) is 71.4 Å². The smallest absolute Gasteiger partial charge is 0.00720 e. The fraction of sp³-hybridized carbons (Fsp3) is 1.00. The van der Waals surface area contributed by atoms with Crippen LogP contribution in [0.3, 0.4) is 0 Å². The molecule has 1 N–H and O–H groups in total. The fourth-order valence-corrected chi connectivity index (χ4v) is 2.44. The van der Waals surface area contributed by atoms with Crippen LogP contribution in [0.5, 0.6) is 0 Å². The van der Waals surface area contributed by atoms with Crippen molar-refractivity contribution in [2.75, 3.05) is 0 Å². The van der Waals surface area contributed by atoms with Crippen molar-refractivity contribution in [3.8, 4) is 0 Å². The molecule has 0 aliphatic carbocycles. The van der Waals surface area contributed by atoms with Crippen LogP contribution in [0.2, 0.25) is 0 Å². The van der Waals surface area contributed by atoms with Crippen LogP contribution in [0, 0.1) is 5.92 Å². The first-order chi connectivity index (χ1) is 6.22. The Morgan fingerprint density at radius 2 is 1.92 bits per heavy atom. The molecule has 1 aliphatic rings. The molecular formula is C12H25N. The quantitative estimate of drug-likeness (QED) is 0.705. The Balaban J connectivity index is 2.24. The number of nitrogens with one attached hydrogen (secondary N) is 1. The molecule has 1 heterocycles. The van der Waals surface area contributed by atoms with E-state index in [4.69, 9.17) is 0 Å². The first-order valence-corrected chi connectivity index (χ1v) is 5.98. The van der Waals surface area contributed by atoms with E-state index in [1.54, 1.807) is 0 Å². The van der Waals surface area contributed by atoms with Gasteiger partial charge in [0.15, 0.2) is 0 Å². The van der Waals surface area contributed by atoms with E-state index in [-0.39, 0.29) is 0 Å². The summed E-state index contributed by atoms with van der Waals surface area (Å²) in [5, 5.41) is 3.79. The Morgan fingerprint density at radius 3 is 2.54 bits per heavy atom. The molecule has 1 rings (SSSR count). The lowest BCUT2D eigenvalue weighted by Gasteiger charge is -2.32. The molecule has 0 bridgehead atoms. The summed E-state index contributed by atoms with van der Waals surface area (Å²) < 4.78 is 0. The van der Waals surface area contributed by atoms with Gasteiger partial charge < -0.3 is 5.32 Å². The first-order valence-electron chi connectivity index (χ1n) is 5.98. The summed E-state index contributed by atoms with van der Waals surface area (Å²) in [5.41, 5.74) is 0. The topological polar surface area (TPSA) is 12.0 Å². The summed E-state index contributed by atoms with van der Waals surface area (Å²) in [4.78, 5) is 0. The van der Waals surface area contributed by atoms with E-state index in [1.807, 2.05) is 0 Å². The minimum absolute atomic E-state index is 0.810. The minimum Gasteiger partial charge on any atom is -0.311 e. The lowest BCUT2D eigenvalue weighted by atomic mass is 9.91. The molecule has 1 heteroatoms. The molecule has 1 saturated heterocycles. The van der Waals surface area contributed by atoms with Crippen molar-refractivity contribution in [3.63, 3.8) is 0 Å². The standard InChI is InChI=1S/C12H25N/c1-4-6-11-7-5-8-12(13-11)9-10(2)3/h10-13H,4-9H2,1-3H3/t11-,12-/m1/s1. The van der Waals surface area contributed by atoms with Crippen LogP contribution in [-0.2, 0) is 0 Å². The van der Waals surface area contributed by atoms with Crippen LogP contribution >= 0.6 is 0 Å². The maximum Gasteiger partial charge on any atom is 0.00720 e. The molecule has 0 amide bonds. The third kappa shape index (κ3) is 4.12. The highest BCUT2D eigenvalue weighted by Gasteiger charge is 2.20. The van der Waals surface area contributed by atoms with Crippen LogP contribution in [0.15, 0.2) is 0 Å². The molecule has 1 aliphatic heterocycles. The number of rotatable bonds is 4. The van der Waals surface area contributed by atoms with Crippen LogP contribution in [0.4, 0.5) is 0 Å². The number of hydrogen-bond donors (Lipinski definition) is 1. The van der Waals surface area contributed by atoms with Gasteiger partial charge in [-0.25, -0.2) is 0 Å². The number of piperidine rings is 1. The van der Waals surface area contributed by atoms with Crippen molar-refractivity contribution in [3.05, 3.63) is 0 Å². The molecular weight excluding hydrogens is 158 g/mol. The van der Waals surface area contributed by atoms with Crippen molar-refractivity contribution in [1.82, 2.24) is 5.32 Å². The normalized spacial score (nSPS) is 29.5. The predicted molar refractivity (Wildman–Crippen MR) is 58.9 cm³/mol. The monoisotopic (exact) mass is 183 g/mol. The molecule has 1 nitrogen and oxygen atoms in total. The average Bonchev–Trinajstić information content (AvgIpc) is 2.04. The molecule has 2 atom stereocenters. The van der Waals surface area contributed by atoms with E-state index >= 15 is 0 Å². The van der Waals surface area contributed by atoms with E-state index < -0.39 is 0 Å². The highest BCUT2D eigenvalue weighted by atomic mass is 15.0. The second kappa shape index (κ2) is 5.64. The molecule has 0 unspecified atom stereocenters. The molecule has 0 aromatic rings. The van der Waals surface area contributed by atoms with Crippen molar-refractivity contribution in [2.24, 2.45) is 5.92 Å². The first kappa shape index (κ1) is 11.0. The SMILES string of the molecule is CCC[C@@H]1CCC[C@H](CC(C)C)N1. The molecule has 0 aromatic carbocycles. The summed E-state index contributed by atoms with van der Waals surface area (Å²) in [5.74, 6) is 0.845. The summed E-state index contributed by atoms with van der Waals surface area (Å²) >= 11 is 0. The van der Waals surface area contributed by atoms with Crippen LogP contribution in [0.25, 0.3) is 0 Å². The van der Waals surface area contributed by atoms with Crippen LogP contribution in [0.1, 0.15) is 59.3 Å². The molecule has 1 fully saturated rings. The van der Waals surface area contributed by atoms with Gasteiger partial charge in [0.2, 0.25) is 0 Å². The predicted octanol–water partition coefficient (Wildman–Crippen LogP) is 3.34. The van der Waals surface area contributed by atoms with E-state index in [9.17, 15) is 0 Å². The second-order valence-electron chi connectivity index (χ2n) is 4.91. The van der Waals surface area contributed by atoms with Crippen molar-refractivity contribution < 1.29 is 0 Å². The lowest BCUT2D eigenvalue weighted by Crippen LogP contribution is -2.42. The van der Waals surface area contributed by atoms with Gasteiger partial charge in [-0.15, -0.1) is 0 Å². The zero-order valence-corrected chi connectivity index (χ0v) is 9.47. The van der Waals surface area contributed by atoms with E-state index in [0.29, 0.717) is 0 Å². The van der Waals surface area contributed by atoms with Gasteiger partial charge in [0.1, 0.15) is 0 Å². The van der Waals surface area contributed by atoms with E-state index in [0.717, 1.165) is 18.0 Å². The molecule has 0 radical (unpaired) electrons. The van der Waals surface area contributed by atoms with E-state index in [2.05, 4.69) is 26.1 Å². The van der Waals surface area contributed by atoms with Gasteiger partial charge in [-0.2, -0.15) is 0 Å². The van der Waals surface area contributed by atoms with Gasteiger partial charge >= 0.3 is 0 Å². The summed E-state index contributed by atoms with van der Waals surface area (Å²) in [7, 11) is 0. The maximum atomic E-state index is 3.79. The van der Waals surface area contributed by atoms with Gasteiger partial charge in [0, 0.05) is 12.1 Å². The molecule has 0 spiro atoms. The summed E-state index contributed by atoms with van der Waals surface area (Å²) in [6.07, 6.45) is 8.30. The Morgan fingerprint density at radius 1 is 1.23 bits per heavy atom. The third-order valence-electron chi connectivity index (χ3n) is 2.97. The van der Waals surface area contributed by atoms with E-state index in [1.165, 1.54) is 38.5 Å². The van der Waals surface area contributed by atoms with Gasteiger partial charge in [-0.05, 0) is 31.6 Å². The summed E-state index contributed by atoms with van der Waals surface area (Å²) in [6.45, 7) is 6.93. The Kier molecular flexibility index (Phi) is 4.79. The zero-order chi connectivity index (χ0) is 9.68. The Bertz CT molecular complexity index is 129. The Hall–Kier alpha value is -0.0400. The fourth-order valence-electron chi connectivity index (χ4n) is 2.44. The van der Waals surface area contributed by atoms with Crippen molar-refractivity contribution in [1.29, 1.82) is 0 Å². The van der Waals surface area contributed by atoms with Crippen molar-refractivity contribution >= 4 is 0 Å². The highest BCUT2D eigenvalue weighted by molar-refractivity contribution is 4.80. The molecule has 13 heavy (non-hydrogen) atoms. The lowest BCUT2D eigenvalue weighted by molar-refractivity contribution is 0.276. The van der Waals surface area contributed by atoms with Gasteiger partial charge in [-0.1, -0.05) is 33.6 Å². The van der Waals surface area contributed by atoms with Crippen LogP contribution < -0.4 is 5.32 Å². The van der Waals surface area contributed by atoms with Gasteiger partial charge in [0.05, 0.1) is 0 Å². The van der Waals surface area contributed by atoms with Crippen LogP contribution in [-0.4, -0.2) is 12.1 Å². The van der Waals surface area contributed by atoms with Gasteiger partial charge in [-0.3, -0.25) is 0 Å². The Labute approximate surface area is 83.3 Å². The molecule has 0 aromatic heterocycles. The summed E-state index contributed by atoms with van der Waals surface area (Å²) in [6, 6.07) is 1.63. The molecule has 0 saturated carbocycles. The molecule has 78 valence electrons. The number of hydrogen-bond acceptors (Lipinski definition) is 1. The largest absolute Gasteiger partial charge is 0.311 e.